The lowest BCUT2D eigenvalue weighted by Gasteiger charge is -2.37. The number of halogens is 2. The highest BCUT2D eigenvalue weighted by atomic mass is 35.5. The van der Waals surface area contributed by atoms with E-state index in [1.165, 1.54) is 5.56 Å². The fourth-order valence-electron chi connectivity index (χ4n) is 3.86. The van der Waals surface area contributed by atoms with Gasteiger partial charge < -0.3 is 9.47 Å². The minimum absolute atomic E-state index is 0. The van der Waals surface area contributed by atoms with Crippen LogP contribution in [-0.2, 0) is 11.3 Å². The van der Waals surface area contributed by atoms with Gasteiger partial charge in [-0.25, -0.2) is 0 Å². The minimum Gasteiger partial charge on any atom is -0.457 e. The third-order valence-electron chi connectivity index (χ3n) is 5.76. The van der Waals surface area contributed by atoms with Crippen LogP contribution in [0.15, 0.2) is 91.0 Å². The summed E-state index contributed by atoms with van der Waals surface area (Å²) >= 11 is 0. The van der Waals surface area contributed by atoms with Gasteiger partial charge in [0.1, 0.15) is 17.7 Å². The van der Waals surface area contributed by atoms with Crippen LogP contribution in [-0.4, -0.2) is 48.8 Å². The van der Waals surface area contributed by atoms with Crippen LogP contribution < -0.4 is 4.74 Å². The number of piperazine rings is 1. The fourth-order valence-corrected chi connectivity index (χ4v) is 3.86. The van der Waals surface area contributed by atoms with E-state index in [-0.39, 0.29) is 31.0 Å². The summed E-state index contributed by atoms with van der Waals surface area (Å²) in [5, 5.41) is 0. The van der Waals surface area contributed by atoms with Crippen LogP contribution >= 0.6 is 24.8 Å². The van der Waals surface area contributed by atoms with E-state index in [9.17, 15) is 0 Å². The third-order valence-corrected chi connectivity index (χ3v) is 5.76. The molecule has 0 N–H and O–H groups in total. The van der Waals surface area contributed by atoms with E-state index in [0.29, 0.717) is 6.61 Å². The van der Waals surface area contributed by atoms with Crippen molar-refractivity contribution >= 4 is 30.9 Å². The molecule has 0 saturated carbocycles. The van der Waals surface area contributed by atoms with Crippen LogP contribution in [0.2, 0.25) is 0 Å². The summed E-state index contributed by atoms with van der Waals surface area (Å²) in [4.78, 5) is 4.91. The van der Waals surface area contributed by atoms with Gasteiger partial charge in [-0.05, 0) is 42.3 Å². The second-order valence-corrected chi connectivity index (χ2v) is 8.12. The Morgan fingerprint density at radius 2 is 1.44 bits per heavy atom. The van der Waals surface area contributed by atoms with Gasteiger partial charge in [-0.2, -0.15) is 0 Å². The van der Waals surface area contributed by atoms with Gasteiger partial charge in [0.05, 0.1) is 6.61 Å². The Bertz CT molecular complexity index is 978. The zero-order chi connectivity index (χ0) is 22.0. The van der Waals surface area contributed by atoms with Crippen LogP contribution in [0.5, 0.6) is 11.5 Å². The predicted octanol–water partition coefficient (Wildman–Crippen LogP) is 6.52. The Labute approximate surface area is 216 Å². The predicted molar refractivity (Wildman–Crippen MR) is 145 cm³/mol. The molecule has 4 rings (SSSR count). The summed E-state index contributed by atoms with van der Waals surface area (Å²) in [6, 6.07) is 28.5. The number of benzene rings is 3. The Kier molecular flexibility index (Phi) is 12.2. The molecule has 1 saturated heterocycles. The monoisotopic (exact) mass is 500 g/mol. The molecule has 0 spiro atoms. The van der Waals surface area contributed by atoms with Crippen LogP contribution in [0.1, 0.15) is 18.1 Å². The van der Waals surface area contributed by atoms with Gasteiger partial charge >= 0.3 is 0 Å². The number of hydrogen-bond donors (Lipinski definition) is 0. The van der Waals surface area contributed by atoms with Crippen LogP contribution in [0, 0.1) is 0 Å². The lowest BCUT2D eigenvalue weighted by molar-refractivity contribution is -0.0720. The first-order valence-corrected chi connectivity index (χ1v) is 11.4. The standard InChI is InChI=1S/C28H32N2O2.2ClH/c1-24(30-20-18-29(19-21-30)17-9-13-25-10-4-2-5-11-25)31-23-26-12-8-16-28(22-26)32-27-14-6-3-7-15-27;;/h2-16,22,24H,17-21,23H2,1H3;2*1H. The second-order valence-electron chi connectivity index (χ2n) is 8.12. The van der Waals surface area contributed by atoms with Crippen molar-refractivity contribution in [2.75, 3.05) is 32.7 Å². The number of para-hydroxylation sites is 1. The van der Waals surface area contributed by atoms with Crippen molar-refractivity contribution in [2.45, 2.75) is 19.8 Å². The summed E-state index contributed by atoms with van der Waals surface area (Å²) in [6.45, 7) is 7.89. The van der Waals surface area contributed by atoms with Gasteiger partial charge in [-0.15, -0.1) is 24.8 Å². The van der Waals surface area contributed by atoms with Gasteiger partial charge in [0, 0.05) is 32.7 Å². The number of nitrogens with zero attached hydrogens (tertiary/aromatic N) is 2. The van der Waals surface area contributed by atoms with Gasteiger partial charge in [-0.3, -0.25) is 9.80 Å². The average molecular weight is 501 g/mol. The SMILES string of the molecule is CC(OCc1cccc(Oc2ccccc2)c1)N1CCN(CC=Cc2ccccc2)CC1.Cl.Cl. The fraction of sp³-hybridized carbons (Fsp3) is 0.286. The Morgan fingerprint density at radius 3 is 2.15 bits per heavy atom. The zero-order valence-corrected chi connectivity index (χ0v) is 21.2. The molecule has 182 valence electrons. The van der Waals surface area contributed by atoms with Crippen molar-refractivity contribution in [3.05, 3.63) is 102 Å². The first-order chi connectivity index (χ1) is 15.8. The average Bonchev–Trinajstić information content (AvgIpc) is 2.84. The molecule has 0 radical (unpaired) electrons. The molecule has 1 fully saturated rings. The normalized spacial score (nSPS) is 15.3. The molecule has 6 heteroatoms. The topological polar surface area (TPSA) is 24.9 Å². The summed E-state index contributed by atoms with van der Waals surface area (Å²) in [6.07, 6.45) is 4.55. The highest BCUT2D eigenvalue weighted by Crippen LogP contribution is 2.22. The molecule has 34 heavy (non-hydrogen) atoms. The molecular weight excluding hydrogens is 467 g/mol. The molecule has 1 aliphatic heterocycles. The Hall–Kier alpha value is -2.34. The molecule has 1 unspecified atom stereocenters. The Balaban J connectivity index is 0.00000204. The smallest absolute Gasteiger partial charge is 0.127 e. The molecular formula is C28H34Cl2N2O2. The van der Waals surface area contributed by atoms with Gasteiger partial charge in [0.15, 0.2) is 0 Å². The molecule has 3 aromatic carbocycles. The zero-order valence-electron chi connectivity index (χ0n) is 19.6. The quantitative estimate of drug-likeness (QED) is 0.334. The first-order valence-electron chi connectivity index (χ1n) is 11.4. The molecule has 1 aliphatic rings. The van der Waals surface area contributed by atoms with E-state index in [2.05, 4.69) is 71.3 Å². The lowest BCUT2D eigenvalue weighted by atomic mass is 10.2. The molecule has 3 aromatic rings. The van der Waals surface area contributed by atoms with Crippen molar-refractivity contribution in [3.63, 3.8) is 0 Å². The van der Waals surface area contributed by atoms with Gasteiger partial charge in [0.2, 0.25) is 0 Å². The van der Waals surface area contributed by atoms with E-state index in [0.717, 1.165) is 49.8 Å². The van der Waals surface area contributed by atoms with Crippen molar-refractivity contribution in [2.24, 2.45) is 0 Å². The summed E-state index contributed by atoms with van der Waals surface area (Å²) in [5.41, 5.74) is 2.38. The summed E-state index contributed by atoms with van der Waals surface area (Å²) in [5.74, 6) is 1.68. The van der Waals surface area contributed by atoms with Crippen LogP contribution in [0.25, 0.3) is 6.08 Å². The largest absolute Gasteiger partial charge is 0.457 e. The second kappa shape index (κ2) is 14.8. The van der Waals surface area contributed by atoms with E-state index < -0.39 is 0 Å². The van der Waals surface area contributed by atoms with Crippen molar-refractivity contribution in [1.29, 1.82) is 0 Å². The minimum atomic E-state index is 0. The highest BCUT2D eigenvalue weighted by molar-refractivity contribution is 5.85. The van der Waals surface area contributed by atoms with E-state index in [1.807, 2.05) is 42.5 Å². The summed E-state index contributed by atoms with van der Waals surface area (Å²) < 4.78 is 12.1. The molecule has 0 aromatic heterocycles. The molecule has 4 nitrogen and oxygen atoms in total. The van der Waals surface area contributed by atoms with Crippen LogP contribution in [0.4, 0.5) is 0 Å². The summed E-state index contributed by atoms with van der Waals surface area (Å²) in [7, 11) is 0. The third kappa shape index (κ3) is 8.79. The van der Waals surface area contributed by atoms with Gasteiger partial charge in [0.25, 0.3) is 0 Å². The molecule has 0 bridgehead atoms. The highest BCUT2D eigenvalue weighted by Gasteiger charge is 2.20. The first kappa shape index (κ1) is 27.9. The number of rotatable bonds is 9. The lowest BCUT2D eigenvalue weighted by Crippen LogP contribution is -2.50. The maximum Gasteiger partial charge on any atom is 0.127 e. The van der Waals surface area contributed by atoms with Gasteiger partial charge in [-0.1, -0.05) is 72.8 Å². The van der Waals surface area contributed by atoms with E-state index >= 15 is 0 Å². The van der Waals surface area contributed by atoms with E-state index in [4.69, 9.17) is 9.47 Å². The molecule has 0 aliphatic carbocycles. The van der Waals surface area contributed by atoms with E-state index in [1.54, 1.807) is 0 Å². The number of ether oxygens (including phenoxy) is 2. The maximum atomic E-state index is 6.18. The molecule has 1 atom stereocenters. The Morgan fingerprint density at radius 1 is 0.794 bits per heavy atom. The van der Waals surface area contributed by atoms with Crippen molar-refractivity contribution < 1.29 is 9.47 Å². The van der Waals surface area contributed by atoms with Crippen molar-refractivity contribution in [1.82, 2.24) is 9.80 Å². The molecule has 0 amide bonds. The van der Waals surface area contributed by atoms with Crippen molar-refractivity contribution in [3.8, 4) is 11.5 Å². The molecule has 1 heterocycles. The number of hydrogen-bond acceptors (Lipinski definition) is 4. The van der Waals surface area contributed by atoms with Crippen LogP contribution in [0.3, 0.4) is 0 Å². The maximum absolute atomic E-state index is 6.18.